The van der Waals surface area contributed by atoms with E-state index in [1.807, 2.05) is 6.07 Å². The fourth-order valence-electron chi connectivity index (χ4n) is 1.33. The van der Waals surface area contributed by atoms with E-state index in [0.717, 1.165) is 0 Å². The number of hydrogen-bond acceptors (Lipinski definition) is 5. The van der Waals surface area contributed by atoms with E-state index in [9.17, 15) is 10.0 Å². The van der Waals surface area contributed by atoms with Gasteiger partial charge < -0.3 is 5.11 Å². The van der Waals surface area contributed by atoms with Gasteiger partial charge in [0.05, 0.1) is 0 Å². The van der Waals surface area contributed by atoms with E-state index in [1.165, 1.54) is 24.3 Å². The quantitative estimate of drug-likeness (QED) is 0.713. The molecule has 5 nitrogen and oxygen atoms in total. The molecule has 0 radical (unpaired) electrons. The summed E-state index contributed by atoms with van der Waals surface area (Å²) in [5, 5.41) is 21.4. The van der Waals surface area contributed by atoms with Crippen molar-refractivity contribution < 1.29 is 5.11 Å². The number of rotatable bonds is 1. The molecule has 0 fully saturated rings. The summed E-state index contributed by atoms with van der Waals surface area (Å²) in [6, 6.07) is 7.59. The van der Waals surface area contributed by atoms with Crippen LogP contribution in [0.1, 0.15) is 5.69 Å². The third-order valence-electron chi connectivity index (χ3n) is 2.03. The maximum Gasteiger partial charge on any atom is 0.142 e. The van der Waals surface area contributed by atoms with Crippen LogP contribution in [-0.2, 0) is 0 Å². The number of pyridine rings is 1. The van der Waals surface area contributed by atoms with Crippen molar-refractivity contribution in [2.45, 2.75) is 0 Å². The van der Waals surface area contributed by atoms with Crippen molar-refractivity contribution in [1.29, 1.82) is 5.26 Å². The van der Waals surface area contributed by atoms with Gasteiger partial charge in [0.15, 0.2) is 0 Å². The fourth-order valence-corrected chi connectivity index (χ4v) is 1.33. The first-order valence-corrected chi connectivity index (χ1v) is 4.12. The van der Waals surface area contributed by atoms with Crippen molar-refractivity contribution >= 4 is 16.6 Å². The van der Waals surface area contributed by atoms with Gasteiger partial charge in [0.1, 0.15) is 28.7 Å². The zero-order chi connectivity index (χ0) is 10.8. The number of hydrogen-bond donors (Lipinski definition) is 1. The highest BCUT2D eigenvalue weighted by molar-refractivity contribution is 5.93. The molecule has 0 spiro atoms. The zero-order valence-corrected chi connectivity index (χ0v) is 7.51. The predicted octanol–water partition coefficient (Wildman–Crippen LogP) is 2.21. The summed E-state index contributed by atoms with van der Waals surface area (Å²) >= 11 is 0. The topological polar surface area (TPSA) is 86.3 Å². The van der Waals surface area contributed by atoms with Crippen LogP contribution in [0, 0.1) is 16.2 Å². The first-order chi connectivity index (χ1) is 7.26. The number of aromatic hydroxyl groups is 1. The minimum atomic E-state index is -0.0745. The Kier molecular flexibility index (Phi) is 2.03. The molecule has 1 aromatic carbocycles. The Hall–Kier alpha value is -2.48. The van der Waals surface area contributed by atoms with Crippen molar-refractivity contribution in [1.82, 2.24) is 4.98 Å². The summed E-state index contributed by atoms with van der Waals surface area (Å²) in [4.78, 5) is 14.4. The molecule has 2 rings (SSSR count). The molecule has 0 aliphatic heterocycles. The van der Waals surface area contributed by atoms with Crippen LogP contribution < -0.4 is 0 Å². The molecule has 0 saturated heterocycles. The molecular formula is C10H5N3O2. The lowest BCUT2D eigenvalue weighted by atomic mass is 10.1. The SMILES string of the molecule is N#Cc1ccc2c(N=O)ccc(O)c2n1. The standard InChI is InChI=1S/C10H5N3O2/c11-5-6-1-2-7-8(13-15)3-4-9(14)10(7)12-6/h1-4,14H. The largest absolute Gasteiger partial charge is 0.506 e. The Morgan fingerprint density at radius 1 is 1.33 bits per heavy atom. The molecule has 72 valence electrons. The Labute approximate surface area is 84.6 Å². The van der Waals surface area contributed by atoms with E-state index < -0.39 is 0 Å². The lowest BCUT2D eigenvalue weighted by Crippen LogP contribution is -1.85. The second kappa shape index (κ2) is 3.35. The Morgan fingerprint density at radius 2 is 2.13 bits per heavy atom. The molecule has 15 heavy (non-hydrogen) atoms. The number of nitroso groups, excluding NO2 is 1. The number of fused-ring (bicyclic) bond motifs is 1. The number of nitrogens with zero attached hydrogens (tertiary/aromatic N) is 3. The van der Waals surface area contributed by atoms with Gasteiger partial charge in [-0.25, -0.2) is 4.98 Å². The van der Waals surface area contributed by atoms with Crippen LogP contribution in [0.2, 0.25) is 0 Å². The Balaban J connectivity index is 2.88. The van der Waals surface area contributed by atoms with Gasteiger partial charge in [-0.1, -0.05) is 0 Å². The first kappa shape index (κ1) is 9.09. The summed E-state index contributed by atoms with van der Waals surface area (Å²) in [5.41, 5.74) is 0.590. The molecule has 1 N–H and O–H groups in total. The molecule has 5 heteroatoms. The summed E-state index contributed by atoms with van der Waals surface area (Å²) in [5.74, 6) is -0.0745. The highest BCUT2D eigenvalue weighted by Gasteiger charge is 2.07. The highest BCUT2D eigenvalue weighted by atomic mass is 16.3. The molecule has 0 atom stereocenters. The van der Waals surface area contributed by atoms with E-state index in [4.69, 9.17) is 5.26 Å². The summed E-state index contributed by atoms with van der Waals surface area (Å²) in [7, 11) is 0. The number of aromatic nitrogens is 1. The van der Waals surface area contributed by atoms with Crippen molar-refractivity contribution in [3.8, 4) is 11.8 Å². The molecule has 0 amide bonds. The lowest BCUT2D eigenvalue weighted by Gasteiger charge is -2.01. The van der Waals surface area contributed by atoms with Crippen LogP contribution in [0.25, 0.3) is 10.9 Å². The second-order valence-electron chi connectivity index (χ2n) is 2.90. The van der Waals surface area contributed by atoms with Gasteiger partial charge >= 0.3 is 0 Å². The van der Waals surface area contributed by atoms with E-state index in [2.05, 4.69) is 10.2 Å². The van der Waals surface area contributed by atoms with Crippen LogP contribution >= 0.6 is 0 Å². The van der Waals surface area contributed by atoms with Gasteiger partial charge in [-0.2, -0.15) is 5.26 Å². The van der Waals surface area contributed by atoms with Gasteiger partial charge in [-0.3, -0.25) is 0 Å². The zero-order valence-electron chi connectivity index (χ0n) is 7.51. The highest BCUT2D eigenvalue weighted by Crippen LogP contribution is 2.30. The molecule has 0 unspecified atom stereocenters. The summed E-state index contributed by atoms with van der Waals surface area (Å²) in [6.45, 7) is 0. The minimum Gasteiger partial charge on any atom is -0.506 e. The monoisotopic (exact) mass is 199 g/mol. The number of phenols is 1. The third-order valence-corrected chi connectivity index (χ3v) is 2.03. The fraction of sp³-hybridized carbons (Fsp3) is 0. The molecule has 0 saturated carbocycles. The lowest BCUT2D eigenvalue weighted by molar-refractivity contribution is 0.480. The van der Waals surface area contributed by atoms with E-state index in [1.54, 1.807) is 0 Å². The van der Waals surface area contributed by atoms with Crippen LogP contribution in [0.3, 0.4) is 0 Å². The molecule has 0 aliphatic carbocycles. The molecule has 0 bridgehead atoms. The Bertz CT molecular complexity index is 587. The van der Waals surface area contributed by atoms with Crippen LogP contribution in [-0.4, -0.2) is 10.1 Å². The van der Waals surface area contributed by atoms with Crippen molar-refractivity contribution in [3.63, 3.8) is 0 Å². The second-order valence-corrected chi connectivity index (χ2v) is 2.90. The molecule has 2 aromatic rings. The maximum atomic E-state index is 10.5. The molecule has 0 aliphatic rings. The summed E-state index contributed by atoms with van der Waals surface area (Å²) in [6.07, 6.45) is 0. The van der Waals surface area contributed by atoms with Gasteiger partial charge in [-0.15, -0.1) is 4.91 Å². The van der Waals surface area contributed by atoms with E-state index in [0.29, 0.717) is 5.39 Å². The third kappa shape index (κ3) is 1.38. The minimum absolute atomic E-state index is 0.0745. The molecule has 1 aromatic heterocycles. The van der Waals surface area contributed by atoms with Gasteiger partial charge in [0.2, 0.25) is 0 Å². The van der Waals surface area contributed by atoms with E-state index >= 15 is 0 Å². The first-order valence-electron chi connectivity index (χ1n) is 4.12. The van der Waals surface area contributed by atoms with Crippen LogP contribution in [0.5, 0.6) is 5.75 Å². The average Bonchev–Trinajstić information content (AvgIpc) is 2.29. The smallest absolute Gasteiger partial charge is 0.142 e. The van der Waals surface area contributed by atoms with Crippen LogP contribution in [0.15, 0.2) is 29.4 Å². The van der Waals surface area contributed by atoms with Gasteiger partial charge in [0.25, 0.3) is 0 Å². The average molecular weight is 199 g/mol. The van der Waals surface area contributed by atoms with Crippen molar-refractivity contribution in [2.24, 2.45) is 5.18 Å². The number of nitriles is 1. The molecular weight excluding hydrogens is 194 g/mol. The van der Waals surface area contributed by atoms with E-state index in [-0.39, 0.29) is 22.6 Å². The van der Waals surface area contributed by atoms with Crippen molar-refractivity contribution in [2.75, 3.05) is 0 Å². The van der Waals surface area contributed by atoms with Crippen molar-refractivity contribution in [3.05, 3.63) is 34.9 Å². The Morgan fingerprint density at radius 3 is 2.80 bits per heavy atom. The van der Waals surface area contributed by atoms with Gasteiger partial charge in [-0.05, 0) is 29.4 Å². The summed E-state index contributed by atoms with van der Waals surface area (Å²) < 4.78 is 0. The normalized spacial score (nSPS) is 9.80. The molecule has 1 heterocycles. The predicted molar refractivity (Wildman–Crippen MR) is 53.6 cm³/mol. The van der Waals surface area contributed by atoms with Gasteiger partial charge in [0, 0.05) is 5.39 Å². The van der Waals surface area contributed by atoms with Crippen LogP contribution in [0.4, 0.5) is 5.69 Å². The number of phenolic OH excluding ortho intramolecular Hbond substituents is 1. The number of benzene rings is 1. The maximum absolute atomic E-state index is 10.5.